The summed E-state index contributed by atoms with van der Waals surface area (Å²) in [4.78, 5) is 8.05. The van der Waals surface area contributed by atoms with Gasteiger partial charge in [0.05, 0.1) is 6.61 Å². The van der Waals surface area contributed by atoms with Crippen molar-refractivity contribution in [3.05, 3.63) is 34.6 Å². The zero-order valence-corrected chi connectivity index (χ0v) is 13.1. The molecule has 5 nitrogen and oxygen atoms in total. The number of nitrogens with zero attached hydrogens (tertiary/aromatic N) is 2. The van der Waals surface area contributed by atoms with Crippen LogP contribution in [0.5, 0.6) is 0 Å². The predicted octanol–water partition coefficient (Wildman–Crippen LogP) is 3.65. The third kappa shape index (κ3) is 1.96. The van der Waals surface area contributed by atoms with Gasteiger partial charge in [0.25, 0.3) is 5.89 Å². The molecule has 3 aromatic rings. The maximum Gasteiger partial charge on any atom is 0.274 e. The van der Waals surface area contributed by atoms with E-state index in [1.807, 2.05) is 0 Å². The van der Waals surface area contributed by atoms with Crippen molar-refractivity contribution >= 4 is 10.9 Å². The van der Waals surface area contributed by atoms with E-state index in [1.165, 1.54) is 16.5 Å². The average molecular weight is 297 g/mol. The first-order valence-corrected chi connectivity index (χ1v) is 7.65. The summed E-state index contributed by atoms with van der Waals surface area (Å²) < 4.78 is 10.9. The number of rotatable bonds is 2. The first-order chi connectivity index (χ1) is 10.6. The summed E-state index contributed by atoms with van der Waals surface area (Å²) in [6.07, 6.45) is 0.961. The third-order valence-electron chi connectivity index (χ3n) is 4.57. The standard InChI is InChI=1S/C17H19N3O2/c1-9-4-5-10(2)14-13(9)11(3)15(18-14)17-19-16(20-22-17)12-6-7-21-8-12/h4-5,12,18H,6-8H2,1-3H3. The highest BCUT2D eigenvalue weighted by Crippen LogP contribution is 2.33. The molecule has 114 valence electrons. The quantitative estimate of drug-likeness (QED) is 0.784. The lowest BCUT2D eigenvalue weighted by Gasteiger charge is -2.00. The highest BCUT2D eigenvalue weighted by Gasteiger charge is 2.25. The summed E-state index contributed by atoms with van der Waals surface area (Å²) in [6, 6.07) is 4.28. The molecule has 0 bridgehead atoms. The molecule has 1 aromatic carbocycles. The van der Waals surface area contributed by atoms with Gasteiger partial charge < -0.3 is 14.2 Å². The van der Waals surface area contributed by atoms with Crippen LogP contribution in [-0.2, 0) is 4.74 Å². The number of aromatic amines is 1. The van der Waals surface area contributed by atoms with Crippen LogP contribution in [-0.4, -0.2) is 28.3 Å². The van der Waals surface area contributed by atoms with Crippen molar-refractivity contribution in [2.24, 2.45) is 0 Å². The number of H-pyrrole nitrogens is 1. The Labute approximate surface area is 128 Å². The van der Waals surface area contributed by atoms with Gasteiger partial charge in [0.1, 0.15) is 5.69 Å². The number of aryl methyl sites for hydroxylation is 3. The van der Waals surface area contributed by atoms with Crippen molar-refractivity contribution in [1.82, 2.24) is 15.1 Å². The minimum atomic E-state index is 0.255. The molecule has 1 fully saturated rings. The van der Waals surface area contributed by atoms with Crippen molar-refractivity contribution in [3.8, 4) is 11.6 Å². The SMILES string of the molecule is Cc1ccc(C)c2c(C)c(-c3nc(C4CCOC4)no3)[nH]c12. The lowest BCUT2D eigenvalue weighted by Crippen LogP contribution is -1.99. The van der Waals surface area contributed by atoms with Crippen molar-refractivity contribution < 1.29 is 9.26 Å². The minimum Gasteiger partial charge on any atom is -0.381 e. The fourth-order valence-corrected chi connectivity index (χ4v) is 3.25. The van der Waals surface area contributed by atoms with Gasteiger partial charge in [0.15, 0.2) is 5.82 Å². The lowest BCUT2D eigenvalue weighted by molar-refractivity contribution is 0.192. The van der Waals surface area contributed by atoms with Crippen LogP contribution in [0.2, 0.25) is 0 Å². The van der Waals surface area contributed by atoms with Gasteiger partial charge in [-0.3, -0.25) is 0 Å². The summed E-state index contributed by atoms with van der Waals surface area (Å²) in [5.74, 6) is 1.57. The van der Waals surface area contributed by atoms with Gasteiger partial charge >= 0.3 is 0 Å². The molecular weight excluding hydrogens is 278 g/mol. The number of benzene rings is 1. The molecule has 1 aliphatic heterocycles. The molecule has 0 aliphatic carbocycles. The van der Waals surface area contributed by atoms with Crippen LogP contribution in [0.4, 0.5) is 0 Å². The average Bonchev–Trinajstić information content (AvgIpc) is 3.21. The second kappa shape index (κ2) is 4.95. The maximum atomic E-state index is 5.51. The zero-order chi connectivity index (χ0) is 15.3. The van der Waals surface area contributed by atoms with Gasteiger partial charge in [0, 0.05) is 23.4 Å². The van der Waals surface area contributed by atoms with Crippen LogP contribution >= 0.6 is 0 Å². The number of hydrogen-bond donors (Lipinski definition) is 1. The van der Waals surface area contributed by atoms with Gasteiger partial charge in [-0.1, -0.05) is 17.3 Å². The van der Waals surface area contributed by atoms with E-state index in [-0.39, 0.29) is 5.92 Å². The van der Waals surface area contributed by atoms with Gasteiger partial charge in [0.2, 0.25) is 0 Å². The molecule has 5 heteroatoms. The van der Waals surface area contributed by atoms with Gasteiger partial charge in [-0.05, 0) is 43.9 Å². The molecule has 4 rings (SSSR count). The molecule has 1 unspecified atom stereocenters. The van der Waals surface area contributed by atoms with Gasteiger partial charge in [-0.25, -0.2) is 0 Å². The number of nitrogens with one attached hydrogen (secondary N) is 1. The van der Waals surface area contributed by atoms with Gasteiger partial charge in [-0.2, -0.15) is 4.98 Å². The molecule has 22 heavy (non-hydrogen) atoms. The smallest absolute Gasteiger partial charge is 0.274 e. The second-order valence-corrected chi connectivity index (χ2v) is 6.09. The lowest BCUT2D eigenvalue weighted by atomic mass is 10.0. The van der Waals surface area contributed by atoms with Crippen LogP contribution in [0.1, 0.15) is 34.9 Å². The summed E-state index contributed by atoms with van der Waals surface area (Å²) in [5, 5.41) is 5.39. The highest BCUT2D eigenvalue weighted by molar-refractivity contribution is 5.93. The van der Waals surface area contributed by atoms with Crippen LogP contribution in [0.25, 0.3) is 22.5 Å². The Kier molecular flexibility index (Phi) is 3.04. The maximum absolute atomic E-state index is 5.51. The van der Waals surface area contributed by atoms with E-state index in [0.717, 1.165) is 35.6 Å². The fraction of sp³-hybridized carbons (Fsp3) is 0.412. The van der Waals surface area contributed by atoms with Crippen LogP contribution in [0, 0.1) is 20.8 Å². The number of aromatic nitrogens is 3. The predicted molar refractivity (Wildman–Crippen MR) is 84.0 cm³/mol. The molecular formula is C17H19N3O2. The fourth-order valence-electron chi connectivity index (χ4n) is 3.25. The first kappa shape index (κ1) is 13.5. The van der Waals surface area contributed by atoms with Crippen molar-refractivity contribution in [2.45, 2.75) is 33.1 Å². The summed E-state index contributed by atoms with van der Waals surface area (Å²) in [5.41, 5.74) is 5.71. The Morgan fingerprint density at radius 1 is 1.18 bits per heavy atom. The summed E-state index contributed by atoms with van der Waals surface area (Å²) >= 11 is 0. The van der Waals surface area contributed by atoms with E-state index >= 15 is 0 Å². The van der Waals surface area contributed by atoms with Crippen molar-refractivity contribution in [1.29, 1.82) is 0 Å². The number of ether oxygens (including phenoxy) is 1. The van der Waals surface area contributed by atoms with E-state index in [0.29, 0.717) is 12.5 Å². The Balaban J connectivity index is 1.83. The third-order valence-corrected chi connectivity index (χ3v) is 4.57. The second-order valence-electron chi connectivity index (χ2n) is 6.09. The largest absolute Gasteiger partial charge is 0.381 e. The molecule has 2 aromatic heterocycles. The molecule has 1 saturated heterocycles. The Morgan fingerprint density at radius 2 is 2.00 bits per heavy atom. The van der Waals surface area contributed by atoms with Crippen molar-refractivity contribution in [2.75, 3.05) is 13.2 Å². The first-order valence-electron chi connectivity index (χ1n) is 7.65. The minimum absolute atomic E-state index is 0.255. The zero-order valence-electron chi connectivity index (χ0n) is 13.1. The monoisotopic (exact) mass is 297 g/mol. The number of hydrogen-bond acceptors (Lipinski definition) is 4. The molecule has 0 spiro atoms. The topological polar surface area (TPSA) is 63.9 Å². The Morgan fingerprint density at radius 3 is 2.73 bits per heavy atom. The van der Waals surface area contributed by atoms with E-state index in [9.17, 15) is 0 Å². The van der Waals surface area contributed by atoms with E-state index < -0.39 is 0 Å². The van der Waals surface area contributed by atoms with Crippen molar-refractivity contribution in [3.63, 3.8) is 0 Å². The van der Waals surface area contributed by atoms with Crippen LogP contribution < -0.4 is 0 Å². The van der Waals surface area contributed by atoms with Gasteiger partial charge in [-0.15, -0.1) is 0 Å². The molecule has 3 heterocycles. The summed E-state index contributed by atoms with van der Waals surface area (Å²) in [6.45, 7) is 7.79. The van der Waals surface area contributed by atoms with Crippen LogP contribution in [0.15, 0.2) is 16.7 Å². The molecule has 0 amide bonds. The molecule has 1 N–H and O–H groups in total. The molecule has 0 radical (unpaired) electrons. The Hall–Kier alpha value is -2.14. The van der Waals surface area contributed by atoms with E-state index in [2.05, 4.69) is 48.0 Å². The van der Waals surface area contributed by atoms with E-state index in [1.54, 1.807) is 0 Å². The molecule has 0 saturated carbocycles. The Bertz CT molecular complexity index is 841. The normalized spacial score (nSPS) is 18.4. The van der Waals surface area contributed by atoms with Crippen LogP contribution in [0.3, 0.4) is 0 Å². The van der Waals surface area contributed by atoms with E-state index in [4.69, 9.17) is 9.26 Å². The highest BCUT2D eigenvalue weighted by atomic mass is 16.5. The molecule has 1 aliphatic rings. The number of fused-ring (bicyclic) bond motifs is 1. The molecule has 1 atom stereocenters. The summed E-state index contributed by atoms with van der Waals surface area (Å²) in [7, 11) is 0.